The van der Waals surface area contributed by atoms with Gasteiger partial charge in [-0.15, -0.1) is 0 Å². The first-order valence-electron chi connectivity index (χ1n) is 20.0. The van der Waals surface area contributed by atoms with Crippen molar-refractivity contribution in [3.05, 3.63) is 47.0 Å². The monoisotopic (exact) mass is 811 g/mol. The van der Waals surface area contributed by atoms with E-state index in [2.05, 4.69) is 5.32 Å². The second-order valence-electron chi connectivity index (χ2n) is 18.5. The molecule has 0 unspecified atom stereocenters. The third-order valence-corrected chi connectivity index (χ3v) is 13.4. The first-order chi connectivity index (χ1) is 27.0. The summed E-state index contributed by atoms with van der Waals surface area (Å²) in [6.45, 7) is 13.2. The van der Waals surface area contributed by atoms with Crippen LogP contribution in [0.2, 0.25) is 0 Å². The molecule has 15 heteroatoms. The van der Waals surface area contributed by atoms with Gasteiger partial charge in [-0.3, -0.25) is 19.2 Å². The molecule has 0 radical (unpaired) electrons. The summed E-state index contributed by atoms with van der Waals surface area (Å²) in [5.74, 6) is -6.81. The van der Waals surface area contributed by atoms with Crippen LogP contribution in [0.3, 0.4) is 0 Å². The molecular formula is C43H57NO14. The summed E-state index contributed by atoms with van der Waals surface area (Å²) in [6, 6.07) is 6.85. The summed E-state index contributed by atoms with van der Waals surface area (Å²) in [4.78, 5) is 83.5. The van der Waals surface area contributed by atoms with Gasteiger partial charge in [0.15, 0.2) is 23.3 Å². The highest BCUT2D eigenvalue weighted by Crippen LogP contribution is 2.75. The van der Waals surface area contributed by atoms with E-state index in [1.165, 1.54) is 32.9 Å². The molecule has 1 aliphatic heterocycles. The Labute approximate surface area is 338 Å². The number of ether oxygens (including phenoxy) is 5. The predicted octanol–water partition coefficient (Wildman–Crippen LogP) is 3.39. The van der Waals surface area contributed by atoms with Gasteiger partial charge in [-0.1, -0.05) is 51.5 Å². The topological polar surface area (TPSA) is 221 Å². The SMILES string of the molecule is CC(=O)O[C@H]1C(=O)[C@]23C[C@H]2C[C@H]2OC[C@@]2(OC(C)=O)[C@H]3[C@H](OC(=O)c2ccccc2)[C@]2(O)C[C@H](C(=O)[C@H](O)[C@H](CC(C)C)NC(=O)OC(C)(C)CO)C(C)=C1C2(C)C. The van der Waals surface area contributed by atoms with E-state index in [-0.39, 0.29) is 48.0 Å². The van der Waals surface area contributed by atoms with Gasteiger partial charge in [0.2, 0.25) is 0 Å². The van der Waals surface area contributed by atoms with Gasteiger partial charge in [0.25, 0.3) is 0 Å². The van der Waals surface area contributed by atoms with Crippen molar-refractivity contribution in [3.63, 3.8) is 0 Å². The van der Waals surface area contributed by atoms with E-state index in [1.54, 1.807) is 39.0 Å². The molecule has 3 saturated carbocycles. The fraction of sp³-hybridized carbons (Fsp3) is 0.674. The molecule has 1 heterocycles. The molecule has 15 nitrogen and oxygen atoms in total. The van der Waals surface area contributed by atoms with Crippen molar-refractivity contribution in [3.8, 4) is 0 Å². The Hall–Kier alpha value is -4.18. The number of aliphatic hydroxyl groups excluding tert-OH is 2. The number of Topliss-reactive ketones (excluding diaryl/α,β-unsaturated/α-hetero) is 2. The average Bonchev–Trinajstić information content (AvgIpc) is 3.86. The van der Waals surface area contributed by atoms with Gasteiger partial charge in [-0.05, 0) is 76.0 Å². The number of fused-ring (bicyclic) bond motifs is 4. The first kappa shape index (κ1) is 43.4. The molecule has 1 saturated heterocycles. The van der Waals surface area contributed by atoms with E-state index in [0.717, 1.165) is 6.92 Å². The van der Waals surface area contributed by atoms with Crippen LogP contribution in [0.25, 0.3) is 0 Å². The molecule has 0 aromatic heterocycles. The Bertz CT molecular complexity index is 1890. The van der Waals surface area contributed by atoms with Gasteiger partial charge in [-0.25, -0.2) is 9.59 Å². The predicted molar refractivity (Wildman–Crippen MR) is 204 cm³/mol. The third-order valence-electron chi connectivity index (χ3n) is 13.4. The Morgan fingerprint density at radius 1 is 1.02 bits per heavy atom. The molecule has 58 heavy (non-hydrogen) atoms. The number of ketones is 2. The van der Waals surface area contributed by atoms with E-state index in [1.807, 2.05) is 13.8 Å². The Balaban J connectivity index is 1.55. The Kier molecular flexibility index (Phi) is 11.3. The first-order valence-corrected chi connectivity index (χ1v) is 20.0. The highest BCUT2D eigenvalue weighted by molar-refractivity contribution is 5.98. The molecule has 6 rings (SSSR count). The van der Waals surface area contributed by atoms with Crippen LogP contribution in [-0.2, 0) is 42.9 Å². The van der Waals surface area contributed by atoms with Crippen LogP contribution >= 0.6 is 0 Å². The minimum atomic E-state index is -2.26. The number of alkyl carbamates (subject to hydrolysis) is 1. The number of rotatable bonds is 12. The fourth-order valence-electron chi connectivity index (χ4n) is 10.5. The van der Waals surface area contributed by atoms with Crippen molar-refractivity contribution in [1.29, 1.82) is 0 Å². The Morgan fingerprint density at radius 2 is 1.67 bits per heavy atom. The highest BCUT2D eigenvalue weighted by atomic mass is 16.6. The summed E-state index contributed by atoms with van der Waals surface area (Å²) in [6.07, 6.45) is -6.60. The number of hydrogen-bond donors (Lipinski definition) is 4. The zero-order valence-electron chi connectivity index (χ0n) is 34.7. The lowest BCUT2D eigenvalue weighted by molar-refractivity contribution is -0.322. The molecule has 5 aliphatic rings. The van der Waals surface area contributed by atoms with Crippen LogP contribution in [0.4, 0.5) is 4.79 Å². The minimum absolute atomic E-state index is 0.115. The molecule has 11 atom stereocenters. The van der Waals surface area contributed by atoms with E-state index in [4.69, 9.17) is 23.7 Å². The summed E-state index contributed by atoms with van der Waals surface area (Å²) < 4.78 is 29.9. The number of carbonyl (C=O) groups excluding carboxylic acids is 6. The van der Waals surface area contributed by atoms with Gasteiger partial charge < -0.3 is 44.3 Å². The van der Waals surface area contributed by atoms with Gasteiger partial charge in [0.1, 0.15) is 29.5 Å². The number of benzene rings is 1. The molecule has 1 aromatic rings. The van der Waals surface area contributed by atoms with Crippen molar-refractivity contribution in [2.24, 2.45) is 34.5 Å². The molecule has 1 aromatic carbocycles. The van der Waals surface area contributed by atoms with E-state index in [0.29, 0.717) is 6.42 Å². The normalized spacial score (nSPS) is 34.3. The van der Waals surface area contributed by atoms with Crippen molar-refractivity contribution >= 4 is 35.6 Å². The van der Waals surface area contributed by atoms with Crippen LogP contribution < -0.4 is 5.32 Å². The van der Waals surface area contributed by atoms with Crippen molar-refractivity contribution < 1.29 is 67.8 Å². The quantitative estimate of drug-likeness (QED) is 0.135. The lowest BCUT2D eigenvalue weighted by Gasteiger charge is -2.64. The second kappa shape index (κ2) is 15.1. The van der Waals surface area contributed by atoms with Crippen LogP contribution in [0, 0.1) is 34.5 Å². The number of carbonyl (C=O) groups is 6. The van der Waals surface area contributed by atoms with Crippen LogP contribution in [-0.4, -0.2) is 111 Å². The van der Waals surface area contributed by atoms with Crippen molar-refractivity contribution in [2.75, 3.05) is 13.2 Å². The number of esters is 3. The number of aliphatic hydroxyl groups is 3. The maximum atomic E-state index is 15.4. The van der Waals surface area contributed by atoms with E-state index in [9.17, 15) is 39.3 Å². The largest absolute Gasteiger partial charge is 0.455 e. The zero-order chi connectivity index (χ0) is 42.9. The van der Waals surface area contributed by atoms with Gasteiger partial charge in [0.05, 0.1) is 30.7 Å². The number of allylic oxidation sites excluding steroid dienone is 1. The average molecular weight is 812 g/mol. The van der Waals surface area contributed by atoms with Crippen molar-refractivity contribution in [1.82, 2.24) is 5.32 Å². The maximum Gasteiger partial charge on any atom is 0.408 e. The Morgan fingerprint density at radius 3 is 2.22 bits per heavy atom. The molecule has 4 fully saturated rings. The maximum absolute atomic E-state index is 15.4. The summed E-state index contributed by atoms with van der Waals surface area (Å²) in [5, 5.41) is 37.8. The van der Waals surface area contributed by atoms with Gasteiger partial charge >= 0.3 is 24.0 Å². The van der Waals surface area contributed by atoms with E-state index < -0.39 is 119 Å². The van der Waals surface area contributed by atoms with Gasteiger partial charge in [0, 0.05) is 30.6 Å². The summed E-state index contributed by atoms with van der Waals surface area (Å²) >= 11 is 0. The minimum Gasteiger partial charge on any atom is -0.455 e. The highest BCUT2D eigenvalue weighted by Gasteiger charge is 2.84. The van der Waals surface area contributed by atoms with Crippen molar-refractivity contribution in [2.45, 2.75) is 135 Å². The zero-order valence-corrected chi connectivity index (χ0v) is 34.7. The summed E-state index contributed by atoms with van der Waals surface area (Å²) in [7, 11) is 0. The lowest BCUT2D eigenvalue weighted by atomic mass is 9.47. The smallest absolute Gasteiger partial charge is 0.408 e. The molecular weight excluding hydrogens is 754 g/mol. The lowest BCUT2D eigenvalue weighted by Crippen LogP contribution is -2.78. The number of nitrogens with one attached hydrogen (secondary N) is 1. The fourth-order valence-corrected chi connectivity index (χ4v) is 10.5. The molecule has 2 bridgehead atoms. The standard InChI is InChI=1S/C43H57NO14/c1-21(2)15-28(44-38(52)58-39(6,7)19-45)32(49)31(48)27-18-43(53)36(56-37(51)25-13-11-10-12-14-25)34-41(17-26(41)16-29-42(34,20-54-29)57-24(5)47)35(50)33(55-23(4)46)30(22(27)3)40(43,8)9/h10-14,21,26-29,32-34,36,45,49,53H,15-20H2,1-9H3,(H,44,52)/t26-,27+,28+,29-,32-,33-,34+,36+,41-,42+,43-/m1/s1. The van der Waals surface area contributed by atoms with Gasteiger partial charge in [-0.2, -0.15) is 0 Å². The molecule has 1 amide bonds. The van der Waals surface area contributed by atoms with Crippen LogP contribution in [0.5, 0.6) is 0 Å². The summed E-state index contributed by atoms with van der Waals surface area (Å²) in [5.41, 5.74) is -7.54. The molecule has 318 valence electrons. The number of amides is 1. The molecule has 4 N–H and O–H groups in total. The van der Waals surface area contributed by atoms with Crippen LogP contribution in [0.1, 0.15) is 98.4 Å². The van der Waals surface area contributed by atoms with Crippen LogP contribution in [0.15, 0.2) is 41.5 Å². The molecule has 4 aliphatic carbocycles. The van der Waals surface area contributed by atoms with E-state index >= 15 is 4.79 Å². The number of hydrogen-bond acceptors (Lipinski definition) is 14. The second-order valence-corrected chi connectivity index (χ2v) is 18.5. The molecule has 1 spiro atoms. The third kappa shape index (κ3) is 7.05.